The Labute approximate surface area is 107 Å². The molecule has 92 valence electrons. The Morgan fingerprint density at radius 3 is 2.39 bits per heavy atom. The zero-order valence-corrected chi connectivity index (χ0v) is 10.2. The van der Waals surface area contributed by atoms with E-state index in [1.54, 1.807) is 12.1 Å². The lowest BCUT2D eigenvalue weighted by Crippen LogP contribution is -2.36. The van der Waals surface area contributed by atoms with Gasteiger partial charge in [0.1, 0.15) is 0 Å². The molecule has 0 radical (unpaired) electrons. The molecule has 18 heavy (non-hydrogen) atoms. The molecule has 0 saturated carbocycles. The van der Waals surface area contributed by atoms with Crippen LogP contribution in [0.5, 0.6) is 0 Å². The molecule has 0 spiro atoms. The first-order chi connectivity index (χ1) is 8.50. The van der Waals surface area contributed by atoms with Crippen LogP contribution in [0.15, 0.2) is 40.1 Å². The summed E-state index contributed by atoms with van der Waals surface area (Å²) >= 11 is 5.73. The van der Waals surface area contributed by atoms with E-state index in [9.17, 15) is 14.4 Å². The number of halogens is 1. The van der Waals surface area contributed by atoms with Crippen molar-refractivity contribution >= 4 is 17.4 Å². The number of carbonyl (C=O) groups excluding carboxylic acids is 1. The Morgan fingerprint density at radius 2 is 1.83 bits per heavy atom. The maximum Gasteiger partial charge on any atom is 0.333 e. The Morgan fingerprint density at radius 1 is 1.22 bits per heavy atom. The molecule has 0 aliphatic carbocycles. The molecule has 1 aromatic heterocycles. The topological polar surface area (TPSA) is 71.9 Å². The zero-order chi connectivity index (χ0) is 13.3. The van der Waals surface area contributed by atoms with Gasteiger partial charge < -0.3 is 4.98 Å². The van der Waals surface area contributed by atoms with E-state index < -0.39 is 17.0 Å². The first-order valence-electron chi connectivity index (χ1n) is 5.12. The van der Waals surface area contributed by atoms with Crippen LogP contribution in [-0.2, 0) is 0 Å². The third kappa shape index (κ3) is 2.12. The Balaban J connectivity index is 2.75. The van der Waals surface area contributed by atoms with Gasteiger partial charge in [-0.05, 0) is 31.2 Å². The fourth-order valence-electron chi connectivity index (χ4n) is 1.55. The van der Waals surface area contributed by atoms with Gasteiger partial charge in [-0.15, -0.1) is 0 Å². The summed E-state index contributed by atoms with van der Waals surface area (Å²) in [5.41, 5.74) is -0.959. The van der Waals surface area contributed by atoms with Crippen LogP contribution >= 0.6 is 11.6 Å². The number of H-pyrrole nitrogens is 1. The normalized spacial score (nSPS) is 10.3. The number of ketones is 1. The molecule has 0 bridgehead atoms. The molecule has 0 atom stereocenters. The maximum absolute atomic E-state index is 12.0. The lowest BCUT2D eigenvalue weighted by Gasteiger charge is -2.05. The molecule has 0 aliphatic rings. The largest absolute Gasteiger partial charge is 0.333 e. The Bertz CT molecular complexity index is 713. The van der Waals surface area contributed by atoms with Gasteiger partial charge in [0.2, 0.25) is 0 Å². The first-order valence-corrected chi connectivity index (χ1v) is 5.50. The lowest BCUT2D eigenvalue weighted by atomic mass is 10.2. The van der Waals surface area contributed by atoms with Gasteiger partial charge in [-0.3, -0.25) is 9.59 Å². The van der Waals surface area contributed by atoms with Crippen molar-refractivity contribution in [3.8, 4) is 5.69 Å². The van der Waals surface area contributed by atoms with Gasteiger partial charge in [0.15, 0.2) is 5.78 Å². The summed E-state index contributed by atoms with van der Waals surface area (Å²) in [6.45, 7) is 1.27. The summed E-state index contributed by atoms with van der Waals surface area (Å²) in [7, 11) is 0. The van der Waals surface area contributed by atoms with E-state index in [-0.39, 0.29) is 5.56 Å². The first kappa shape index (κ1) is 12.3. The van der Waals surface area contributed by atoms with E-state index in [1.165, 1.54) is 19.1 Å². The molecule has 0 aliphatic heterocycles. The fraction of sp³-hybridized carbons (Fsp3) is 0.0833. The minimum absolute atomic E-state index is 0.0652. The number of nitrogens with one attached hydrogen (secondary N) is 1. The van der Waals surface area contributed by atoms with Crippen LogP contribution in [0.4, 0.5) is 0 Å². The molecule has 6 heteroatoms. The van der Waals surface area contributed by atoms with Gasteiger partial charge >= 0.3 is 5.69 Å². The molecule has 1 aromatic carbocycles. The second kappa shape index (κ2) is 4.62. The summed E-state index contributed by atoms with van der Waals surface area (Å²) in [4.78, 5) is 37.3. The van der Waals surface area contributed by atoms with E-state index in [0.29, 0.717) is 10.7 Å². The predicted octanol–water partition coefficient (Wildman–Crippen LogP) is 1.38. The average Bonchev–Trinajstić information content (AvgIpc) is 2.31. The number of nitrogens with zero attached hydrogens (tertiary/aromatic N) is 1. The van der Waals surface area contributed by atoms with Gasteiger partial charge in [-0.25, -0.2) is 9.36 Å². The molecule has 0 fully saturated rings. The fourth-order valence-corrected chi connectivity index (χ4v) is 1.68. The van der Waals surface area contributed by atoms with Crippen molar-refractivity contribution in [1.29, 1.82) is 0 Å². The van der Waals surface area contributed by atoms with Crippen molar-refractivity contribution in [2.75, 3.05) is 0 Å². The number of Topliss-reactive ketones (excluding diaryl/α,β-unsaturated/α-hetero) is 1. The highest BCUT2D eigenvalue weighted by Crippen LogP contribution is 2.10. The van der Waals surface area contributed by atoms with E-state index in [0.717, 1.165) is 10.8 Å². The summed E-state index contributed by atoms with van der Waals surface area (Å²) in [5.74, 6) is -0.404. The molecular weight excluding hydrogens is 256 g/mol. The van der Waals surface area contributed by atoms with E-state index >= 15 is 0 Å². The molecule has 0 saturated heterocycles. The SMILES string of the molecule is CC(=O)c1c[nH]c(=O)n(-c2ccc(Cl)cc2)c1=O. The number of rotatable bonds is 2. The van der Waals surface area contributed by atoms with Gasteiger partial charge in [0.05, 0.1) is 11.3 Å². The monoisotopic (exact) mass is 264 g/mol. The molecule has 1 N–H and O–H groups in total. The number of aromatic amines is 1. The van der Waals surface area contributed by atoms with Crippen LogP contribution in [0.1, 0.15) is 17.3 Å². The van der Waals surface area contributed by atoms with E-state index in [2.05, 4.69) is 4.98 Å². The van der Waals surface area contributed by atoms with Crippen molar-refractivity contribution in [3.05, 3.63) is 61.9 Å². The van der Waals surface area contributed by atoms with Crippen molar-refractivity contribution in [2.45, 2.75) is 6.92 Å². The molecular formula is C12H9ClN2O3. The van der Waals surface area contributed by atoms with Gasteiger partial charge in [0, 0.05) is 11.2 Å². The van der Waals surface area contributed by atoms with Crippen molar-refractivity contribution in [1.82, 2.24) is 9.55 Å². The second-order valence-electron chi connectivity index (χ2n) is 3.68. The number of hydrogen-bond donors (Lipinski definition) is 1. The number of carbonyl (C=O) groups is 1. The van der Waals surface area contributed by atoms with Crippen LogP contribution in [0, 0.1) is 0 Å². The quantitative estimate of drug-likeness (QED) is 0.833. The molecule has 1 heterocycles. The highest BCUT2D eigenvalue weighted by Gasteiger charge is 2.12. The summed E-state index contributed by atoms with van der Waals surface area (Å²) < 4.78 is 0.896. The van der Waals surface area contributed by atoms with Crippen molar-refractivity contribution in [3.63, 3.8) is 0 Å². The number of hydrogen-bond acceptors (Lipinski definition) is 3. The molecule has 0 amide bonds. The highest BCUT2D eigenvalue weighted by molar-refractivity contribution is 6.30. The third-order valence-electron chi connectivity index (χ3n) is 2.44. The van der Waals surface area contributed by atoms with Gasteiger partial charge in [0.25, 0.3) is 5.56 Å². The predicted molar refractivity (Wildman–Crippen MR) is 67.7 cm³/mol. The zero-order valence-electron chi connectivity index (χ0n) is 9.44. The van der Waals surface area contributed by atoms with Crippen molar-refractivity contribution < 1.29 is 4.79 Å². The van der Waals surface area contributed by atoms with Crippen LogP contribution in [0.3, 0.4) is 0 Å². The Hall–Kier alpha value is -2.14. The minimum Gasteiger partial charge on any atom is -0.313 e. The third-order valence-corrected chi connectivity index (χ3v) is 2.69. The number of benzene rings is 1. The summed E-state index contributed by atoms with van der Waals surface area (Å²) in [6.07, 6.45) is 1.12. The highest BCUT2D eigenvalue weighted by atomic mass is 35.5. The van der Waals surface area contributed by atoms with E-state index in [1.807, 2.05) is 0 Å². The minimum atomic E-state index is -0.645. The van der Waals surface area contributed by atoms with Crippen LogP contribution in [-0.4, -0.2) is 15.3 Å². The Kier molecular flexibility index (Phi) is 3.16. The van der Waals surface area contributed by atoms with Crippen molar-refractivity contribution in [2.24, 2.45) is 0 Å². The second-order valence-corrected chi connectivity index (χ2v) is 4.12. The molecule has 2 aromatic rings. The maximum atomic E-state index is 12.0. The smallest absolute Gasteiger partial charge is 0.313 e. The molecule has 0 unspecified atom stereocenters. The van der Waals surface area contributed by atoms with E-state index in [4.69, 9.17) is 11.6 Å². The van der Waals surface area contributed by atoms with Gasteiger partial charge in [-0.1, -0.05) is 11.6 Å². The number of aromatic nitrogens is 2. The molecule has 2 rings (SSSR count). The lowest BCUT2D eigenvalue weighted by molar-refractivity contribution is 0.101. The van der Waals surface area contributed by atoms with Gasteiger partial charge in [-0.2, -0.15) is 0 Å². The summed E-state index contributed by atoms with van der Waals surface area (Å²) in [5, 5.41) is 0.492. The van der Waals surface area contributed by atoms with Crippen LogP contribution < -0.4 is 11.2 Å². The standard InChI is InChI=1S/C12H9ClN2O3/c1-7(16)10-6-14-12(18)15(11(10)17)9-4-2-8(13)3-5-9/h2-6H,1H3,(H,14,18). The van der Waals surface area contributed by atoms with Crippen LogP contribution in [0.25, 0.3) is 5.69 Å². The molecule has 5 nitrogen and oxygen atoms in total. The average molecular weight is 265 g/mol. The summed E-state index contributed by atoms with van der Waals surface area (Å²) in [6, 6.07) is 6.18. The van der Waals surface area contributed by atoms with Crippen LogP contribution in [0.2, 0.25) is 5.02 Å².